The van der Waals surface area contributed by atoms with Gasteiger partial charge in [-0.15, -0.1) is 5.10 Å². The molecule has 0 spiro atoms. The molecular weight excluding hydrogens is 230 g/mol. The van der Waals surface area contributed by atoms with Crippen LogP contribution in [0.3, 0.4) is 0 Å². The predicted octanol–water partition coefficient (Wildman–Crippen LogP) is 1.27. The highest BCUT2D eigenvalue weighted by Crippen LogP contribution is 2.25. The molecule has 6 heteroatoms. The van der Waals surface area contributed by atoms with E-state index in [1.807, 2.05) is 28.9 Å². The maximum Gasteiger partial charge on any atom is 0.182 e. The minimum absolute atomic E-state index is 0.321. The molecular formula is C12H15N5O. The van der Waals surface area contributed by atoms with Gasteiger partial charge in [-0.05, 0) is 47.5 Å². The summed E-state index contributed by atoms with van der Waals surface area (Å²) < 4.78 is 7.26. The fourth-order valence-electron chi connectivity index (χ4n) is 2.19. The lowest BCUT2D eigenvalue weighted by Crippen LogP contribution is -2.21. The molecule has 1 fully saturated rings. The van der Waals surface area contributed by atoms with E-state index in [0.29, 0.717) is 6.04 Å². The highest BCUT2D eigenvalue weighted by molar-refractivity contribution is 5.58. The van der Waals surface area contributed by atoms with Crippen LogP contribution in [-0.4, -0.2) is 33.4 Å². The first-order chi connectivity index (χ1) is 8.84. The van der Waals surface area contributed by atoms with Gasteiger partial charge in [-0.25, -0.2) is 4.68 Å². The molecule has 1 aliphatic heterocycles. The molecule has 18 heavy (non-hydrogen) atoms. The topological polar surface area (TPSA) is 78.9 Å². The van der Waals surface area contributed by atoms with Crippen molar-refractivity contribution in [3.63, 3.8) is 0 Å². The van der Waals surface area contributed by atoms with Gasteiger partial charge >= 0.3 is 0 Å². The van der Waals surface area contributed by atoms with Crippen molar-refractivity contribution in [2.24, 2.45) is 0 Å². The molecule has 6 nitrogen and oxygen atoms in total. The van der Waals surface area contributed by atoms with E-state index in [-0.39, 0.29) is 0 Å². The van der Waals surface area contributed by atoms with Crippen LogP contribution < -0.4 is 5.73 Å². The Morgan fingerprint density at radius 2 is 1.89 bits per heavy atom. The molecule has 2 aromatic rings. The van der Waals surface area contributed by atoms with Crippen molar-refractivity contribution in [3.05, 3.63) is 24.3 Å². The molecule has 0 aliphatic carbocycles. The lowest BCUT2D eigenvalue weighted by molar-refractivity contribution is 0.0662. The summed E-state index contributed by atoms with van der Waals surface area (Å²) in [6.45, 7) is 1.54. The maximum absolute atomic E-state index is 5.69. The van der Waals surface area contributed by atoms with E-state index in [1.54, 1.807) is 0 Å². The van der Waals surface area contributed by atoms with Crippen LogP contribution in [0.2, 0.25) is 0 Å². The Balaban J connectivity index is 1.93. The first-order valence-electron chi connectivity index (χ1n) is 6.06. The number of rotatable bonds is 2. The molecule has 1 aromatic heterocycles. The highest BCUT2D eigenvalue weighted by atomic mass is 16.5. The van der Waals surface area contributed by atoms with Gasteiger partial charge in [-0.3, -0.25) is 0 Å². The van der Waals surface area contributed by atoms with E-state index >= 15 is 0 Å². The van der Waals surface area contributed by atoms with E-state index in [2.05, 4.69) is 15.5 Å². The number of anilines is 1. The largest absolute Gasteiger partial charge is 0.399 e. The van der Waals surface area contributed by atoms with Crippen molar-refractivity contribution in [2.75, 3.05) is 18.9 Å². The molecule has 2 heterocycles. The Morgan fingerprint density at radius 1 is 1.17 bits per heavy atom. The van der Waals surface area contributed by atoms with Gasteiger partial charge < -0.3 is 10.5 Å². The third-order valence-electron chi connectivity index (χ3n) is 3.20. The second-order valence-corrected chi connectivity index (χ2v) is 4.41. The Morgan fingerprint density at radius 3 is 2.61 bits per heavy atom. The van der Waals surface area contributed by atoms with Gasteiger partial charge in [0, 0.05) is 24.5 Å². The van der Waals surface area contributed by atoms with Crippen molar-refractivity contribution in [1.82, 2.24) is 20.2 Å². The minimum atomic E-state index is 0.321. The van der Waals surface area contributed by atoms with Gasteiger partial charge in [0.2, 0.25) is 0 Å². The van der Waals surface area contributed by atoms with Crippen LogP contribution in [0.1, 0.15) is 18.9 Å². The number of hydrogen-bond acceptors (Lipinski definition) is 5. The summed E-state index contributed by atoms with van der Waals surface area (Å²) in [6.07, 6.45) is 1.90. The van der Waals surface area contributed by atoms with Crippen LogP contribution in [0.5, 0.6) is 0 Å². The molecule has 0 atom stereocenters. The van der Waals surface area contributed by atoms with Crippen LogP contribution >= 0.6 is 0 Å². The lowest BCUT2D eigenvalue weighted by atomic mass is 10.1. The zero-order valence-corrected chi connectivity index (χ0v) is 9.99. The van der Waals surface area contributed by atoms with Crippen molar-refractivity contribution >= 4 is 5.69 Å². The summed E-state index contributed by atoms with van der Waals surface area (Å²) >= 11 is 0. The second-order valence-electron chi connectivity index (χ2n) is 4.41. The quantitative estimate of drug-likeness (QED) is 0.806. The monoisotopic (exact) mass is 245 g/mol. The first kappa shape index (κ1) is 11.2. The lowest BCUT2D eigenvalue weighted by Gasteiger charge is -2.22. The van der Waals surface area contributed by atoms with Crippen LogP contribution in [0.15, 0.2) is 24.3 Å². The van der Waals surface area contributed by atoms with Crippen molar-refractivity contribution in [3.8, 4) is 11.4 Å². The molecule has 3 rings (SSSR count). The molecule has 1 aliphatic rings. The van der Waals surface area contributed by atoms with E-state index in [1.165, 1.54) is 0 Å². The molecule has 0 radical (unpaired) electrons. The normalized spacial score (nSPS) is 16.9. The van der Waals surface area contributed by atoms with E-state index in [0.717, 1.165) is 43.1 Å². The first-order valence-corrected chi connectivity index (χ1v) is 6.06. The molecule has 1 aromatic carbocycles. The van der Waals surface area contributed by atoms with Gasteiger partial charge in [-0.1, -0.05) is 0 Å². The van der Waals surface area contributed by atoms with Crippen LogP contribution in [0.4, 0.5) is 5.69 Å². The summed E-state index contributed by atoms with van der Waals surface area (Å²) in [7, 11) is 0. The van der Waals surface area contributed by atoms with Crippen molar-refractivity contribution in [2.45, 2.75) is 18.9 Å². The van der Waals surface area contributed by atoms with Gasteiger partial charge in [0.15, 0.2) is 5.82 Å². The molecule has 2 N–H and O–H groups in total. The molecule has 0 saturated carbocycles. The zero-order chi connectivity index (χ0) is 12.4. The number of aromatic nitrogens is 4. The predicted molar refractivity (Wildman–Crippen MR) is 66.8 cm³/mol. The Labute approximate surface area is 105 Å². The van der Waals surface area contributed by atoms with Gasteiger partial charge in [0.1, 0.15) is 0 Å². The smallest absolute Gasteiger partial charge is 0.182 e. The van der Waals surface area contributed by atoms with Gasteiger partial charge in [-0.2, -0.15) is 0 Å². The third-order valence-corrected chi connectivity index (χ3v) is 3.20. The number of tetrazole rings is 1. The summed E-state index contributed by atoms with van der Waals surface area (Å²) in [5.41, 5.74) is 7.41. The second kappa shape index (κ2) is 4.73. The maximum atomic E-state index is 5.69. The van der Waals surface area contributed by atoms with Crippen LogP contribution in [0.25, 0.3) is 11.4 Å². The zero-order valence-electron chi connectivity index (χ0n) is 9.99. The molecule has 0 amide bonds. The minimum Gasteiger partial charge on any atom is -0.399 e. The number of benzene rings is 1. The fraction of sp³-hybridized carbons (Fsp3) is 0.417. The molecule has 94 valence electrons. The van der Waals surface area contributed by atoms with Gasteiger partial charge in [0.25, 0.3) is 0 Å². The average molecular weight is 245 g/mol. The number of nitrogens with zero attached hydrogens (tertiary/aromatic N) is 4. The summed E-state index contributed by atoms with van der Waals surface area (Å²) in [6, 6.07) is 7.92. The fourth-order valence-corrected chi connectivity index (χ4v) is 2.19. The number of nitrogens with two attached hydrogens (primary N) is 1. The standard InChI is InChI=1S/C12H15N5O/c13-10-3-1-9(2-4-10)12-14-15-16-17(12)11-5-7-18-8-6-11/h1-4,11H,5-8,13H2. The van der Waals surface area contributed by atoms with Crippen LogP contribution in [0, 0.1) is 0 Å². The molecule has 0 bridgehead atoms. The Bertz CT molecular complexity index is 516. The number of nitrogen functional groups attached to an aromatic ring is 1. The van der Waals surface area contributed by atoms with Crippen LogP contribution in [-0.2, 0) is 4.74 Å². The van der Waals surface area contributed by atoms with Crippen molar-refractivity contribution < 1.29 is 4.74 Å². The molecule has 0 unspecified atom stereocenters. The summed E-state index contributed by atoms with van der Waals surface area (Å²) in [5.74, 6) is 0.793. The summed E-state index contributed by atoms with van der Waals surface area (Å²) in [4.78, 5) is 0. The molecule has 1 saturated heterocycles. The highest BCUT2D eigenvalue weighted by Gasteiger charge is 2.20. The SMILES string of the molecule is Nc1ccc(-c2nnnn2C2CCOCC2)cc1. The Hall–Kier alpha value is -1.95. The number of hydrogen-bond donors (Lipinski definition) is 1. The van der Waals surface area contributed by atoms with E-state index in [9.17, 15) is 0 Å². The van der Waals surface area contributed by atoms with Gasteiger partial charge in [0.05, 0.1) is 6.04 Å². The third kappa shape index (κ3) is 2.06. The van der Waals surface area contributed by atoms with E-state index in [4.69, 9.17) is 10.5 Å². The number of ether oxygens (including phenoxy) is 1. The average Bonchev–Trinajstić information content (AvgIpc) is 2.90. The summed E-state index contributed by atoms with van der Waals surface area (Å²) in [5, 5.41) is 12.0. The van der Waals surface area contributed by atoms with Crippen molar-refractivity contribution in [1.29, 1.82) is 0 Å². The Kier molecular flexibility index (Phi) is 2.93. The van der Waals surface area contributed by atoms with E-state index < -0.39 is 0 Å².